The maximum atomic E-state index is 12.8. The van der Waals surface area contributed by atoms with Gasteiger partial charge in [0.1, 0.15) is 0 Å². The van der Waals surface area contributed by atoms with Crippen LogP contribution in [0, 0.1) is 0 Å². The molecule has 0 bridgehead atoms. The van der Waals surface area contributed by atoms with E-state index in [0.29, 0.717) is 10.6 Å². The van der Waals surface area contributed by atoms with Crippen LogP contribution in [0.15, 0.2) is 54.7 Å². The third kappa shape index (κ3) is 2.60. The molecule has 0 aliphatic heterocycles. The van der Waals surface area contributed by atoms with Crippen LogP contribution in [0.2, 0.25) is 5.02 Å². The molecule has 3 aromatic rings. The van der Waals surface area contributed by atoms with Crippen LogP contribution in [0.1, 0.15) is 28.9 Å². The van der Waals surface area contributed by atoms with E-state index >= 15 is 0 Å². The number of hydrogen-bond acceptors (Lipinski definition) is 1. The number of carbonyl (C=O) groups is 1. The molecule has 112 valence electrons. The standard InChI is InChI=1S/C18H17ClN2O/c1-12(13-6-8-14(19)9-7-13)21(2)18(22)16-4-3-5-17-15(16)10-11-20-17/h3-12,20H,1-2H3. The van der Waals surface area contributed by atoms with Crippen molar-refractivity contribution < 1.29 is 4.79 Å². The first-order chi connectivity index (χ1) is 10.6. The molecule has 0 saturated heterocycles. The molecule has 1 aromatic heterocycles. The summed E-state index contributed by atoms with van der Waals surface area (Å²) in [5.74, 6) is 0.00708. The van der Waals surface area contributed by atoms with Crippen LogP contribution >= 0.6 is 11.6 Å². The highest BCUT2D eigenvalue weighted by molar-refractivity contribution is 6.30. The number of nitrogens with zero attached hydrogens (tertiary/aromatic N) is 1. The average molecular weight is 313 g/mol. The summed E-state index contributed by atoms with van der Waals surface area (Å²) in [7, 11) is 1.83. The van der Waals surface area contributed by atoms with Crippen LogP contribution in [0.4, 0.5) is 0 Å². The summed E-state index contributed by atoms with van der Waals surface area (Å²) in [6.07, 6.45) is 1.85. The van der Waals surface area contributed by atoms with Gasteiger partial charge in [-0.05, 0) is 42.8 Å². The van der Waals surface area contributed by atoms with Crippen molar-refractivity contribution in [2.75, 3.05) is 7.05 Å². The van der Waals surface area contributed by atoms with Crippen molar-refractivity contribution in [3.63, 3.8) is 0 Å². The zero-order valence-corrected chi connectivity index (χ0v) is 13.3. The van der Waals surface area contributed by atoms with Gasteiger partial charge in [0.25, 0.3) is 5.91 Å². The molecule has 0 radical (unpaired) electrons. The van der Waals surface area contributed by atoms with Crippen molar-refractivity contribution in [3.8, 4) is 0 Å². The number of nitrogens with one attached hydrogen (secondary N) is 1. The summed E-state index contributed by atoms with van der Waals surface area (Å²) < 4.78 is 0. The van der Waals surface area contributed by atoms with Gasteiger partial charge in [0.15, 0.2) is 0 Å². The number of amides is 1. The first-order valence-corrected chi connectivity index (χ1v) is 7.54. The number of aromatic nitrogens is 1. The molecule has 3 rings (SSSR count). The highest BCUT2D eigenvalue weighted by Crippen LogP contribution is 2.25. The molecule has 0 aliphatic rings. The molecule has 3 nitrogen and oxygen atoms in total. The number of H-pyrrole nitrogens is 1. The summed E-state index contributed by atoms with van der Waals surface area (Å²) in [6, 6.07) is 15.2. The highest BCUT2D eigenvalue weighted by Gasteiger charge is 2.20. The maximum absolute atomic E-state index is 12.8. The molecule has 0 aliphatic carbocycles. The number of fused-ring (bicyclic) bond motifs is 1. The Morgan fingerprint density at radius 1 is 1.14 bits per heavy atom. The Morgan fingerprint density at radius 3 is 2.59 bits per heavy atom. The highest BCUT2D eigenvalue weighted by atomic mass is 35.5. The van der Waals surface area contributed by atoms with Gasteiger partial charge in [-0.25, -0.2) is 0 Å². The summed E-state index contributed by atoms with van der Waals surface area (Å²) in [5.41, 5.74) is 2.74. The number of halogens is 1. The van der Waals surface area contributed by atoms with E-state index in [4.69, 9.17) is 11.6 Å². The number of carbonyl (C=O) groups excluding carboxylic acids is 1. The largest absolute Gasteiger partial charge is 0.361 e. The fraction of sp³-hybridized carbons (Fsp3) is 0.167. The van der Waals surface area contributed by atoms with Gasteiger partial charge in [0.05, 0.1) is 6.04 Å². The normalized spacial score (nSPS) is 12.3. The molecule has 4 heteroatoms. The van der Waals surface area contributed by atoms with Crippen LogP contribution < -0.4 is 0 Å². The Balaban J connectivity index is 1.91. The van der Waals surface area contributed by atoms with Crippen molar-refractivity contribution in [3.05, 3.63) is 70.9 Å². The van der Waals surface area contributed by atoms with Crippen LogP contribution in [0.5, 0.6) is 0 Å². The van der Waals surface area contributed by atoms with E-state index in [1.807, 2.05) is 68.7 Å². The van der Waals surface area contributed by atoms with Crippen molar-refractivity contribution in [2.45, 2.75) is 13.0 Å². The molecule has 0 spiro atoms. The number of benzene rings is 2. The molecule has 0 fully saturated rings. The quantitative estimate of drug-likeness (QED) is 0.750. The summed E-state index contributed by atoms with van der Waals surface area (Å²) in [5, 5.41) is 1.64. The number of aromatic amines is 1. The van der Waals surface area contributed by atoms with Gasteiger partial charge in [0, 0.05) is 34.7 Å². The fourth-order valence-electron chi connectivity index (χ4n) is 2.60. The van der Waals surface area contributed by atoms with E-state index in [9.17, 15) is 4.79 Å². The lowest BCUT2D eigenvalue weighted by molar-refractivity contribution is 0.0744. The summed E-state index contributed by atoms with van der Waals surface area (Å²) in [4.78, 5) is 17.7. The van der Waals surface area contributed by atoms with E-state index in [0.717, 1.165) is 16.5 Å². The van der Waals surface area contributed by atoms with Gasteiger partial charge in [-0.2, -0.15) is 0 Å². The number of rotatable bonds is 3. The minimum Gasteiger partial charge on any atom is -0.361 e. The average Bonchev–Trinajstić information content (AvgIpc) is 3.02. The second-order valence-corrected chi connectivity index (χ2v) is 5.82. The molecular formula is C18H17ClN2O. The monoisotopic (exact) mass is 312 g/mol. The Labute approximate surface area is 134 Å². The second-order valence-electron chi connectivity index (χ2n) is 5.39. The first kappa shape index (κ1) is 14.7. The lowest BCUT2D eigenvalue weighted by atomic mass is 10.0. The zero-order valence-electron chi connectivity index (χ0n) is 12.5. The van der Waals surface area contributed by atoms with E-state index in [1.54, 1.807) is 4.90 Å². The lowest BCUT2D eigenvalue weighted by Gasteiger charge is -2.25. The summed E-state index contributed by atoms with van der Waals surface area (Å²) >= 11 is 5.92. The maximum Gasteiger partial charge on any atom is 0.254 e. The zero-order chi connectivity index (χ0) is 15.7. The lowest BCUT2D eigenvalue weighted by Crippen LogP contribution is -2.29. The van der Waals surface area contributed by atoms with Crippen molar-refractivity contribution in [1.29, 1.82) is 0 Å². The minimum absolute atomic E-state index is 0.00708. The molecule has 22 heavy (non-hydrogen) atoms. The molecule has 1 unspecified atom stereocenters. The smallest absolute Gasteiger partial charge is 0.254 e. The van der Waals surface area contributed by atoms with Gasteiger partial charge >= 0.3 is 0 Å². The van der Waals surface area contributed by atoms with Crippen LogP contribution in [-0.2, 0) is 0 Å². The molecule has 1 heterocycles. The Morgan fingerprint density at radius 2 is 1.86 bits per heavy atom. The van der Waals surface area contributed by atoms with Gasteiger partial charge in [-0.15, -0.1) is 0 Å². The van der Waals surface area contributed by atoms with Gasteiger partial charge < -0.3 is 9.88 Å². The fourth-order valence-corrected chi connectivity index (χ4v) is 2.73. The Hall–Kier alpha value is -2.26. The van der Waals surface area contributed by atoms with Crippen LogP contribution in [0.3, 0.4) is 0 Å². The Bertz CT molecular complexity index is 807. The predicted octanol–water partition coefficient (Wildman–Crippen LogP) is 4.65. The molecule has 2 aromatic carbocycles. The Kier molecular flexibility index (Phi) is 3.90. The third-order valence-electron chi connectivity index (χ3n) is 4.08. The van der Waals surface area contributed by atoms with Gasteiger partial charge in [-0.3, -0.25) is 4.79 Å². The van der Waals surface area contributed by atoms with Crippen LogP contribution in [-0.4, -0.2) is 22.8 Å². The topological polar surface area (TPSA) is 36.1 Å². The molecule has 0 saturated carbocycles. The second kappa shape index (κ2) is 5.85. The van der Waals surface area contributed by atoms with Crippen molar-refractivity contribution >= 4 is 28.4 Å². The molecule has 1 atom stereocenters. The predicted molar refractivity (Wildman–Crippen MR) is 90.3 cm³/mol. The van der Waals surface area contributed by atoms with Crippen molar-refractivity contribution in [1.82, 2.24) is 9.88 Å². The van der Waals surface area contributed by atoms with Gasteiger partial charge in [-0.1, -0.05) is 29.8 Å². The number of hydrogen-bond donors (Lipinski definition) is 1. The molecule has 1 amide bonds. The molecule has 1 N–H and O–H groups in total. The summed E-state index contributed by atoms with van der Waals surface area (Å²) in [6.45, 7) is 2.01. The van der Waals surface area contributed by atoms with Crippen LogP contribution in [0.25, 0.3) is 10.9 Å². The van der Waals surface area contributed by atoms with E-state index in [-0.39, 0.29) is 11.9 Å². The van der Waals surface area contributed by atoms with E-state index < -0.39 is 0 Å². The molecular weight excluding hydrogens is 296 g/mol. The van der Waals surface area contributed by atoms with Gasteiger partial charge in [0.2, 0.25) is 0 Å². The third-order valence-corrected chi connectivity index (χ3v) is 4.33. The SMILES string of the molecule is CC(c1ccc(Cl)cc1)N(C)C(=O)c1cccc2[nH]ccc12. The first-order valence-electron chi connectivity index (χ1n) is 7.16. The van der Waals surface area contributed by atoms with E-state index in [1.165, 1.54) is 0 Å². The minimum atomic E-state index is -0.0287. The van der Waals surface area contributed by atoms with Crippen molar-refractivity contribution in [2.24, 2.45) is 0 Å². The van der Waals surface area contributed by atoms with E-state index in [2.05, 4.69) is 4.98 Å².